The molecule has 152 valence electrons. The summed E-state index contributed by atoms with van der Waals surface area (Å²) in [6, 6.07) is 13.5. The molecule has 30 heavy (non-hydrogen) atoms. The van der Waals surface area contributed by atoms with E-state index in [1.807, 2.05) is 61.5 Å². The number of carbonyl (C=O) groups is 1. The summed E-state index contributed by atoms with van der Waals surface area (Å²) in [5.74, 6) is 3.28. The van der Waals surface area contributed by atoms with E-state index in [0.29, 0.717) is 17.5 Å². The Morgan fingerprint density at radius 1 is 1.20 bits per heavy atom. The van der Waals surface area contributed by atoms with Gasteiger partial charge in [-0.1, -0.05) is 12.0 Å². The minimum atomic E-state index is -0.0909. The highest BCUT2D eigenvalue weighted by Crippen LogP contribution is 2.26. The van der Waals surface area contributed by atoms with E-state index < -0.39 is 0 Å². The first-order valence-corrected chi connectivity index (χ1v) is 9.84. The second kappa shape index (κ2) is 8.39. The van der Waals surface area contributed by atoms with Crippen LogP contribution in [0.15, 0.2) is 48.8 Å². The Hall–Kier alpha value is -3.63. The number of urea groups is 1. The van der Waals surface area contributed by atoms with Crippen molar-refractivity contribution in [1.82, 2.24) is 19.8 Å². The van der Waals surface area contributed by atoms with Gasteiger partial charge < -0.3 is 20.4 Å². The number of benzene rings is 2. The van der Waals surface area contributed by atoms with Crippen molar-refractivity contribution in [3.05, 3.63) is 54.4 Å². The van der Waals surface area contributed by atoms with Gasteiger partial charge in [-0.3, -0.25) is 0 Å². The fourth-order valence-corrected chi connectivity index (χ4v) is 3.61. The monoisotopic (exact) mass is 400 g/mol. The number of amides is 2. The number of carbonyl (C=O) groups excluding carboxylic acids is 1. The molecule has 3 aromatic rings. The third kappa shape index (κ3) is 4.19. The van der Waals surface area contributed by atoms with Crippen LogP contribution < -0.4 is 10.6 Å². The van der Waals surface area contributed by atoms with Crippen LogP contribution >= 0.6 is 0 Å². The lowest BCUT2D eigenvalue weighted by atomic mass is 10.2. The molecule has 0 saturated carbocycles. The molecule has 7 heteroatoms. The molecule has 7 nitrogen and oxygen atoms in total. The van der Waals surface area contributed by atoms with E-state index in [-0.39, 0.29) is 6.03 Å². The molecule has 2 heterocycles. The van der Waals surface area contributed by atoms with Crippen molar-refractivity contribution >= 4 is 34.1 Å². The van der Waals surface area contributed by atoms with Gasteiger partial charge in [0, 0.05) is 41.5 Å². The predicted molar refractivity (Wildman–Crippen MR) is 120 cm³/mol. The highest BCUT2D eigenvalue weighted by atomic mass is 16.2. The summed E-state index contributed by atoms with van der Waals surface area (Å²) in [6.45, 7) is 1.48. The standard InChI is InChI=1S/C23H24N6O/c1-4-16-6-5-7-17(12-16)26-22-20-13-18(8-9-21(20)24-15-25-22)27-23(30)29-11-10-19(14-29)28(2)3/h1,5-9,12-13,15,19H,10-11,14H2,2-3H3,(H,27,30)(H,24,25,26)/t19-/m1/s1. The maximum absolute atomic E-state index is 12.7. The molecule has 1 atom stereocenters. The number of terminal acetylenes is 1. The van der Waals surface area contributed by atoms with Crippen molar-refractivity contribution in [3.63, 3.8) is 0 Å². The third-order valence-electron chi connectivity index (χ3n) is 5.36. The zero-order chi connectivity index (χ0) is 21.1. The zero-order valence-electron chi connectivity index (χ0n) is 17.1. The van der Waals surface area contributed by atoms with Crippen molar-refractivity contribution in [2.24, 2.45) is 0 Å². The largest absolute Gasteiger partial charge is 0.340 e. The van der Waals surface area contributed by atoms with Gasteiger partial charge in [0.2, 0.25) is 0 Å². The quantitative estimate of drug-likeness (QED) is 0.656. The van der Waals surface area contributed by atoms with E-state index in [1.54, 1.807) is 0 Å². The van der Waals surface area contributed by atoms with Crippen LogP contribution in [0, 0.1) is 12.3 Å². The number of nitrogens with zero attached hydrogens (tertiary/aromatic N) is 4. The van der Waals surface area contributed by atoms with Crippen LogP contribution in [0.3, 0.4) is 0 Å². The van der Waals surface area contributed by atoms with Crippen LogP contribution in [0.5, 0.6) is 0 Å². The smallest absolute Gasteiger partial charge is 0.321 e. The number of rotatable bonds is 4. The number of hydrogen-bond acceptors (Lipinski definition) is 5. The number of likely N-dealkylation sites (tertiary alicyclic amines) is 1. The van der Waals surface area contributed by atoms with Gasteiger partial charge in [-0.05, 0) is 56.9 Å². The number of aromatic nitrogens is 2. The maximum Gasteiger partial charge on any atom is 0.321 e. The lowest BCUT2D eigenvalue weighted by molar-refractivity contribution is 0.216. The van der Waals surface area contributed by atoms with E-state index in [1.165, 1.54) is 6.33 Å². The fraction of sp³-hybridized carbons (Fsp3) is 0.261. The molecule has 0 unspecified atom stereocenters. The van der Waals surface area contributed by atoms with Crippen molar-refractivity contribution in [3.8, 4) is 12.3 Å². The fourth-order valence-electron chi connectivity index (χ4n) is 3.61. The lowest BCUT2D eigenvalue weighted by Gasteiger charge is -2.21. The molecule has 1 fully saturated rings. The molecule has 2 aromatic carbocycles. The van der Waals surface area contributed by atoms with Crippen LogP contribution in [-0.2, 0) is 0 Å². The molecule has 0 spiro atoms. The molecule has 1 aromatic heterocycles. The van der Waals surface area contributed by atoms with Gasteiger partial charge in [0.1, 0.15) is 12.1 Å². The van der Waals surface area contributed by atoms with Crippen LogP contribution in [0.4, 0.5) is 22.0 Å². The van der Waals surface area contributed by atoms with Gasteiger partial charge in [0.15, 0.2) is 0 Å². The van der Waals surface area contributed by atoms with Crippen molar-refractivity contribution in [2.45, 2.75) is 12.5 Å². The van der Waals surface area contributed by atoms with Crippen molar-refractivity contribution < 1.29 is 4.79 Å². The van der Waals surface area contributed by atoms with Gasteiger partial charge in [-0.25, -0.2) is 14.8 Å². The van der Waals surface area contributed by atoms with E-state index in [4.69, 9.17) is 6.42 Å². The summed E-state index contributed by atoms with van der Waals surface area (Å²) in [6.07, 6.45) is 7.99. The lowest BCUT2D eigenvalue weighted by Crippen LogP contribution is -2.36. The number of nitrogens with one attached hydrogen (secondary N) is 2. The third-order valence-corrected chi connectivity index (χ3v) is 5.36. The van der Waals surface area contributed by atoms with Crippen LogP contribution in [-0.4, -0.2) is 59.0 Å². The zero-order valence-corrected chi connectivity index (χ0v) is 17.1. The Labute approximate surface area is 176 Å². The molecular formula is C23H24N6O. The molecule has 4 rings (SSSR count). The molecule has 0 bridgehead atoms. The van der Waals surface area contributed by atoms with E-state index >= 15 is 0 Å². The highest BCUT2D eigenvalue weighted by Gasteiger charge is 2.27. The summed E-state index contributed by atoms with van der Waals surface area (Å²) in [5, 5.41) is 7.12. The van der Waals surface area contributed by atoms with E-state index in [9.17, 15) is 4.79 Å². The average Bonchev–Trinajstić information content (AvgIpc) is 3.25. The van der Waals surface area contributed by atoms with Gasteiger partial charge in [-0.2, -0.15) is 0 Å². The Kier molecular flexibility index (Phi) is 5.50. The number of hydrogen-bond donors (Lipinski definition) is 2. The van der Waals surface area contributed by atoms with Gasteiger partial charge >= 0.3 is 6.03 Å². The first kappa shape index (κ1) is 19.7. The van der Waals surface area contributed by atoms with E-state index in [2.05, 4.69) is 31.4 Å². The highest BCUT2D eigenvalue weighted by molar-refractivity contribution is 5.96. The Morgan fingerprint density at radius 3 is 2.83 bits per heavy atom. The molecule has 2 N–H and O–H groups in total. The SMILES string of the molecule is C#Cc1cccc(Nc2ncnc3ccc(NC(=O)N4CC[C@@H](N(C)C)C4)cc23)c1. The maximum atomic E-state index is 12.7. The molecule has 1 aliphatic heterocycles. The van der Waals surface area contributed by atoms with Crippen LogP contribution in [0.25, 0.3) is 10.9 Å². The normalized spacial score (nSPS) is 15.9. The molecule has 0 aliphatic carbocycles. The van der Waals surface area contributed by atoms with E-state index in [0.717, 1.165) is 41.7 Å². The Balaban J connectivity index is 1.55. The number of likely N-dealkylation sites (N-methyl/N-ethyl adjacent to an activating group) is 1. The minimum absolute atomic E-state index is 0.0909. The first-order valence-electron chi connectivity index (χ1n) is 9.84. The van der Waals surface area contributed by atoms with Gasteiger partial charge in [-0.15, -0.1) is 6.42 Å². The summed E-state index contributed by atoms with van der Waals surface area (Å²) >= 11 is 0. The molecular weight excluding hydrogens is 376 g/mol. The summed E-state index contributed by atoms with van der Waals surface area (Å²) in [4.78, 5) is 25.4. The topological polar surface area (TPSA) is 73.4 Å². The second-order valence-corrected chi connectivity index (χ2v) is 7.59. The second-order valence-electron chi connectivity index (χ2n) is 7.59. The van der Waals surface area contributed by atoms with Crippen molar-refractivity contribution in [2.75, 3.05) is 37.8 Å². The van der Waals surface area contributed by atoms with Crippen LogP contribution in [0.1, 0.15) is 12.0 Å². The molecule has 1 aliphatic rings. The Bertz CT molecular complexity index is 1120. The first-order chi connectivity index (χ1) is 14.5. The van der Waals surface area contributed by atoms with Gasteiger partial charge in [0.05, 0.1) is 5.52 Å². The predicted octanol–water partition coefficient (Wildman–Crippen LogP) is 3.52. The summed E-state index contributed by atoms with van der Waals surface area (Å²) < 4.78 is 0. The number of anilines is 3. The average molecular weight is 400 g/mol. The molecule has 0 radical (unpaired) electrons. The number of fused-ring (bicyclic) bond motifs is 1. The molecule has 1 saturated heterocycles. The molecule has 2 amide bonds. The summed E-state index contributed by atoms with van der Waals surface area (Å²) in [7, 11) is 4.09. The minimum Gasteiger partial charge on any atom is -0.340 e. The Morgan fingerprint density at radius 2 is 2.07 bits per heavy atom. The summed E-state index contributed by atoms with van der Waals surface area (Å²) in [5.41, 5.74) is 3.11. The van der Waals surface area contributed by atoms with Crippen molar-refractivity contribution in [1.29, 1.82) is 0 Å². The van der Waals surface area contributed by atoms with Crippen LogP contribution in [0.2, 0.25) is 0 Å². The van der Waals surface area contributed by atoms with Gasteiger partial charge in [0.25, 0.3) is 0 Å².